The maximum atomic E-state index is 12.3. The second kappa shape index (κ2) is 6.91. The van der Waals surface area contributed by atoms with Crippen molar-refractivity contribution in [2.45, 2.75) is 24.2 Å². The summed E-state index contributed by atoms with van der Waals surface area (Å²) in [7, 11) is -1.80. The lowest BCUT2D eigenvalue weighted by molar-refractivity contribution is 0.285. The smallest absolute Gasteiger partial charge is 0.252 e. The van der Waals surface area contributed by atoms with Crippen LogP contribution >= 0.6 is 23.1 Å². The first-order valence-corrected chi connectivity index (χ1v) is 9.24. The summed E-state index contributed by atoms with van der Waals surface area (Å²) in [5.41, 5.74) is 0.832. The van der Waals surface area contributed by atoms with E-state index in [4.69, 9.17) is 5.11 Å². The molecule has 1 aromatic rings. The molecule has 1 N–H and O–H groups in total. The summed E-state index contributed by atoms with van der Waals surface area (Å²) >= 11 is 2.86. The highest BCUT2D eigenvalue weighted by Gasteiger charge is 2.23. The summed E-state index contributed by atoms with van der Waals surface area (Å²) < 4.78 is 26.2. The molecule has 0 fully saturated rings. The fraction of sp³-hybridized carbons (Fsp3) is 0.636. The van der Waals surface area contributed by atoms with Crippen molar-refractivity contribution in [1.29, 1.82) is 0 Å². The van der Waals surface area contributed by atoms with E-state index in [0.717, 1.165) is 29.1 Å². The van der Waals surface area contributed by atoms with Crippen LogP contribution in [-0.2, 0) is 16.6 Å². The Morgan fingerprint density at radius 3 is 2.67 bits per heavy atom. The van der Waals surface area contributed by atoms with Crippen molar-refractivity contribution in [2.75, 3.05) is 25.6 Å². The number of nitrogens with zero attached hydrogens (tertiary/aromatic N) is 1. The summed E-state index contributed by atoms with van der Waals surface area (Å²) in [6.45, 7) is 2.23. The molecule has 18 heavy (non-hydrogen) atoms. The van der Waals surface area contributed by atoms with E-state index in [9.17, 15) is 8.42 Å². The number of hydrogen-bond donors (Lipinski definition) is 1. The van der Waals surface area contributed by atoms with Gasteiger partial charge >= 0.3 is 0 Å². The summed E-state index contributed by atoms with van der Waals surface area (Å²) in [6.07, 6.45) is 2.85. The number of thioether (sulfide) groups is 1. The molecule has 0 spiro atoms. The summed E-state index contributed by atoms with van der Waals surface area (Å²) in [5, 5.41) is 9.11. The SMILES string of the molecule is CSCCCN(C)S(=O)(=O)c1cc(C)c(CO)s1. The van der Waals surface area contributed by atoms with Crippen LogP contribution < -0.4 is 0 Å². The average molecular weight is 309 g/mol. The third-order valence-electron chi connectivity index (χ3n) is 2.63. The molecule has 1 heterocycles. The van der Waals surface area contributed by atoms with Gasteiger partial charge < -0.3 is 5.11 Å². The second-order valence-corrected chi connectivity index (χ2v) is 8.40. The van der Waals surface area contributed by atoms with Crippen LogP contribution in [0.5, 0.6) is 0 Å². The van der Waals surface area contributed by atoms with Gasteiger partial charge in [-0.25, -0.2) is 12.7 Å². The number of rotatable bonds is 7. The Bertz CT molecular complexity index is 482. The molecule has 0 bridgehead atoms. The molecule has 0 aromatic carbocycles. The molecule has 0 aliphatic heterocycles. The van der Waals surface area contributed by atoms with Gasteiger partial charge in [0, 0.05) is 18.5 Å². The molecule has 104 valence electrons. The maximum Gasteiger partial charge on any atom is 0.252 e. The summed E-state index contributed by atoms with van der Waals surface area (Å²) in [4.78, 5) is 0.714. The van der Waals surface area contributed by atoms with E-state index in [1.807, 2.05) is 13.2 Å². The Labute approximate surface area is 117 Å². The van der Waals surface area contributed by atoms with E-state index >= 15 is 0 Å². The minimum Gasteiger partial charge on any atom is -0.391 e. The molecule has 0 unspecified atom stereocenters. The van der Waals surface area contributed by atoms with Crippen LogP contribution in [0.15, 0.2) is 10.3 Å². The Morgan fingerprint density at radius 1 is 1.50 bits per heavy atom. The van der Waals surface area contributed by atoms with E-state index in [2.05, 4.69) is 0 Å². The molecule has 4 nitrogen and oxygen atoms in total. The van der Waals surface area contributed by atoms with Crippen molar-refractivity contribution >= 4 is 33.1 Å². The van der Waals surface area contributed by atoms with E-state index in [1.165, 1.54) is 4.31 Å². The van der Waals surface area contributed by atoms with Gasteiger partial charge in [-0.1, -0.05) is 0 Å². The molecule has 0 amide bonds. The van der Waals surface area contributed by atoms with Gasteiger partial charge in [0.2, 0.25) is 0 Å². The van der Waals surface area contributed by atoms with Crippen LogP contribution in [0.25, 0.3) is 0 Å². The number of aryl methyl sites for hydroxylation is 1. The minimum absolute atomic E-state index is 0.109. The zero-order valence-corrected chi connectivity index (χ0v) is 13.3. The van der Waals surface area contributed by atoms with Gasteiger partial charge in [0.1, 0.15) is 4.21 Å². The quantitative estimate of drug-likeness (QED) is 0.782. The van der Waals surface area contributed by atoms with Crippen molar-refractivity contribution in [2.24, 2.45) is 0 Å². The molecule has 0 aliphatic rings. The second-order valence-electron chi connectivity index (χ2n) is 4.00. The molecule has 7 heteroatoms. The van der Waals surface area contributed by atoms with Gasteiger partial charge in [0.05, 0.1) is 6.61 Å². The Balaban J connectivity index is 2.84. The first kappa shape index (κ1) is 16.0. The van der Waals surface area contributed by atoms with E-state index in [0.29, 0.717) is 15.6 Å². The fourth-order valence-corrected chi connectivity index (χ4v) is 4.77. The predicted octanol–water partition coefficient (Wildman–Crippen LogP) is 1.92. The molecule has 0 saturated carbocycles. The van der Waals surface area contributed by atoms with Crippen molar-refractivity contribution in [3.63, 3.8) is 0 Å². The van der Waals surface area contributed by atoms with E-state index in [-0.39, 0.29) is 6.61 Å². The molecule has 0 radical (unpaired) electrons. The summed E-state index contributed by atoms with van der Waals surface area (Å²) in [6, 6.07) is 1.64. The van der Waals surface area contributed by atoms with Crippen LogP contribution in [0, 0.1) is 6.92 Å². The molecule has 1 aromatic heterocycles. The van der Waals surface area contributed by atoms with Gasteiger partial charge in [-0.3, -0.25) is 0 Å². The van der Waals surface area contributed by atoms with E-state index < -0.39 is 10.0 Å². The van der Waals surface area contributed by atoms with Gasteiger partial charge in [0.15, 0.2) is 0 Å². The average Bonchev–Trinajstić information content (AvgIpc) is 2.71. The highest BCUT2D eigenvalue weighted by atomic mass is 32.2. The Morgan fingerprint density at radius 2 is 2.17 bits per heavy atom. The Hall–Kier alpha value is -0.0800. The Kier molecular flexibility index (Phi) is 6.13. The lowest BCUT2D eigenvalue weighted by Gasteiger charge is -2.15. The van der Waals surface area contributed by atoms with Crippen molar-refractivity contribution < 1.29 is 13.5 Å². The van der Waals surface area contributed by atoms with Gasteiger partial charge in [-0.05, 0) is 37.0 Å². The predicted molar refractivity (Wildman–Crippen MR) is 77.8 cm³/mol. The van der Waals surface area contributed by atoms with Gasteiger partial charge in [0.25, 0.3) is 10.0 Å². The maximum absolute atomic E-state index is 12.3. The first-order chi connectivity index (χ1) is 8.43. The largest absolute Gasteiger partial charge is 0.391 e. The standard InChI is InChI=1S/C11H19NO3S3/c1-9-7-11(17-10(9)8-13)18(14,15)12(2)5-4-6-16-3/h7,13H,4-6,8H2,1-3H3. The highest BCUT2D eigenvalue weighted by molar-refractivity contribution is 7.98. The number of thiophene rings is 1. The lowest BCUT2D eigenvalue weighted by Crippen LogP contribution is -2.27. The molecular weight excluding hydrogens is 290 g/mol. The topological polar surface area (TPSA) is 57.6 Å². The van der Waals surface area contributed by atoms with Gasteiger partial charge in [-0.2, -0.15) is 11.8 Å². The zero-order valence-electron chi connectivity index (χ0n) is 10.8. The number of aliphatic hydroxyl groups is 1. The van der Waals surface area contributed by atoms with Crippen molar-refractivity contribution in [3.8, 4) is 0 Å². The molecule has 1 rings (SSSR count). The highest BCUT2D eigenvalue weighted by Crippen LogP contribution is 2.28. The van der Waals surface area contributed by atoms with Crippen LogP contribution in [-0.4, -0.2) is 43.4 Å². The van der Waals surface area contributed by atoms with Crippen LogP contribution in [0.1, 0.15) is 16.9 Å². The number of sulfonamides is 1. The number of aliphatic hydroxyl groups excluding tert-OH is 1. The van der Waals surface area contributed by atoms with Crippen molar-refractivity contribution in [3.05, 3.63) is 16.5 Å². The lowest BCUT2D eigenvalue weighted by atomic mass is 10.3. The molecule has 0 saturated heterocycles. The van der Waals surface area contributed by atoms with Crippen LogP contribution in [0.2, 0.25) is 0 Å². The fourth-order valence-electron chi connectivity index (χ4n) is 1.48. The van der Waals surface area contributed by atoms with Crippen LogP contribution in [0.3, 0.4) is 0 Å². The minimum atomic E-state index is -3.40. The van der Waals surface area contributed by atoms with Crippen LogP contribution in [0.4, 0.5) is 0 Å². The third kappa shape index (κ3) is 3.71. The third-order valence-corrected chi connectivity index (χ3v) is 6.85. The molecular formula is C11H19NO3S3. The van der Waals surface area contributed by atoms with Crippen molar-refractivity contribution in [1.82, 2.24) is 4.31 Å². The first-order valence-electron chi connectivity index (χ1n) is 5.59. The monoisotopic (exact) mass is 309 g/mol. The number of hydrogen-bond acceptors (Lipinski definition) is 5. The van der Waals surface area contributed by atoms with E-state index in [1.54, 1.807) is 24.9 Å². The van der Waals surface area contributed by atoms with Gasteiger partial charge in [-0.15, -0.1) is 11.3 Å². The normalized spacial score (nSPS) is 12.3. The molecule has 0 atom stereocenters. The zero-order chi connectivity index (χ0) is 13.8. The summed E-state index contributed by atoms with van der Waals surface area (Å²) in [5.74, 6) is 0.950. The molecule has 0 aliphatic carbocycles.